The van der Waals surface area contributed by atoms with Crippen LogP contribution >= 0.6 is 34.8 Å². The summed E-state index contributed by atoms with van der Waals surface area (Å²) < 4.78 is 0. The third-order valence-electron chi connectivity index (χ3n) is 4.50. The fourth-order valence-corrected chi connectivity index (χ4v) is 3.52. The average Bonchev–Trinajstić information content (AvgIpc) is 3.52. The molecule has 9 heteroatoms. The SMILES string of the molecule is O=C(NCCNc1nc(C2CC2)nc2cc(Cl)ccc12)Nc1ccc(Cl)cc1Cl. The third-order valence-corrected chi connectivity index (χ3v) is 5.28. The molecule has 1 aliphatic carbocycles. The molecule has 0 radical (unpaired) electrons. The van der Waals surface area contributed by atoms with Crippen molar-refractivity contribution >= 4 is 63.2 Å². The van der Waals surface area contributed by atoms with Gasteiger partial charge in [-0.3, -0.25) is 0 Å². The van der Waals surface area contributed by atoms with Crippen LogP contribution < -0.4 is 16.0 Å². The van der Waals surface area contributed by atoms with Crippen LogP contribution in [0, 0.1) is 0 Å². The number of benzene rings is 2. The Morgan fingerprint density at radius 2 is 1.76 bits per heavy atom. The van der Waals surface area contributed by atoms with Crippen molar-refractivity contribution in [1.82, 2.24) is 15.3 Å². The molecule has 1 fully saturated rings. The number of fused-ring (bicyclic) bond motifs is 1. The number of nitrogens with zero attached hydrogens (tertiary/aromatic N) is 2. The molecule has 0 spiro atoms. The van der Waals surface area contributed by atoms with Crippen molar-refractivity contribution in [2.75, 3.05) is 23.7 Å². The maximum Gasteiger partial charge on any atom is 0.319 e. The second-order valence-corrected chi connectivity index (χ2v) is 8.08. The van der Waals surface area contributed by atoms with Gasteiger partial charge in [0.15, 0.2) is 0 Å². The molecule has 0 aliphatic heterocycles. The molecule has 3 N–H and O–H groups in total. The minimum absolute atomic E-state index is 0.353. The van der Waals surface area contributed by atoms with Gasteiger partial charge in [-0.15, -0.1) is 0 Å². The quantitative estimate of drug-likeness (QED) is 0.421. The van der Waals surface area contributed by atoms with Crippen molar-refractivity contribution in [1.29, 1.82) is 0 Å². The summed E-state index contributed by atoms with van der Waals surface area (Å²) in [7, 11) is 0. The fraction of sp³-hybridized carbons (Fsp3) is 0.250. The van der Waals surface area contributed by atoms with Gasteiger partial charge in [0.25, 0.3) is 0 Å². The Labute approximate surface area is 183 Å². The first-order valence-corrected chi connectivity index (χ1v) is 10.3. The van der Waals surface area contributed by atoms with Crippen LogP contribution in [-0.2, 0) is 0 Å². The topological polar surface area (TPSA) is 78.9 Å². The first-order valence-electron chi connectivity index (χ1n) is 9.20. The van der Waals surface area contributed by atoms with Gasteiger partial charge in [0, 0.05) is 34.4 Å². The summed E-state index contributed by atoms with van der Waals surface area (Å²) in [4.78, 5) is 21.4. The van der Waals surface area contributed by atoms with Crippen LogP contribution in [0.4, 0.5) is 16.3 Å². The summed E-state index contributed by atoms with van der Waals surface area (Å²) in [5.74, 6) is 2.01. The van der Waals surface area contributed by atoms with Crippen molar-refractivity contribution in [3.05, 3.63) is 57.3 Å². The van der Waals surface area contributed by atoms with E-state index >= 15 is 0 Å². The number of hydrogen-bond acceptors (Lipinski definition) is 4. The molecule has 150 valence electrons. The second-order valence-electron chi connectivity index (χ2n) is 6.80. The number of hydrogen-bond donors (Lipinski definition) is 3. The molecular formula is C20H18Cl3N5O. The number of anilines is 2. The Balaban J connectivity index is 1.36. The first kappa shape index (κ1) is 20.0. The van der Waals surface area contributed by atoms with Gasteiger partial charge in [-0.05, 0) is 49.2 Å². The molecule has 0 saturated heterocycles. The highest BCUT2D eigenvalue weighted by atomic mass is 35.5. The van der Waals surface area contributed by atoms with Gasteiger partial charge < -0.3 is 16.0 Å². The van der Waals surface area contributed by atoms with E-state index in [9.17, 15) is 4.79 Å². The van der Waals surface area contributed by atoms with E-state index in [1.165, 1.54) is 0 Å². The standard InChI is InChI=1S/C20H18Cl3N5O/c21-12-4-6-16(15(23)9-12)27-20(29)25-8-7-24-19-14-5-3-13(22)10-17(14)26-18(28-19)11-1-2-11/h3-6,9-11H,1-2,7-8H2,(H,24,26,28)(H2,25,27,29). The number of aromatic nitrogens is 2. The molecule has 2 aromatic carbocycles. The van der Waals surface area contributed by atoms with Crippen LogP contribution in [0.15, 0.2) is 36.4 Å². The van der Waals surface area contributed by atoms with Crippen LogP contribution in [-0.4, -0.2) is 29.1 Å². The molecule has 4 rings (SSSR count). The zero-order chi connectivity index (χ0) is 20.4. The van der Waals surface area contributed by atoms with E-state index in [2.05, 4.69) is 25.9 Å². The lowest BCUT2D eigenvalue weighted by molar-refractivity contribution is 0.252. The molecule has 0 unspecified atom stereocenters. The summed E-state index contributed by atoms with van der Waals surface area (Å²) >= 11 is 18.0. The van der Waals surface area contributed by atoms with E-state index in [1.807, 2.05) is 18.2 Å². The maximum atomic E-state index is 12.1. The lowest BCUT2D eigenvalue weighted by atomic mass is 10.2. The van der Waals surface area contributed by atoms with Gasteiger partial charge in [-0.25, -0.2) is 14.8 Å². The summed E-state index contributed by atoms with van der Waals surface area (Å²) in [5, 5.41) is 11.2. The van der Waals surface area contributed by atoms with Crippen LogP contribution in [0.25, 0.3) is 10.9 Å². The Kier molecular flexibility index (Phi) is 5.94. The molecule has 1 aromatic heterocycles. The summed E-state index contributed by atoms with van der Waals surface area (Å²) in [6, 6.07) is 10.1. The first-order chi connectivity index (χ1) is 14.0. The highest BCUT2D eigenvalue weighted by Gasteiger charge is 2.27. The van der Waals surface area contributed by atoms with Gasteiger partial charge in [-0.2, -0.15) is 0 Å². The average molecular weight is 451 g/mol. The molecular weight excluding hydrogens is 433 g/mol. The molecule has 1 saturated carbocycles. The van der Waals surface area contributed by atoms with E-state index in [0.717, 1.165) is 35.4 Å². The minimum atomic E-state index is -0.353. The van der Waals surface area contributed by atoms with E-state index in [-0.39, 0.29) is 6.03 Å². The van der Waals surface area contributed by atoms with Crippen molar-refractivity contribution in [2.45, 2.75) is 18.8 Å². The van der Waals surface area contributed by atoms with Gasteiger partial charge in [0.2, 0.25) is 0 Å². The zero-order valence-corrected chi connectivity index (χ0v) is 17.6. The molecule has 2 amide bonds. The Morgan fingerprint density at radius 1 is 1.00 bits per heavy atom. The van der Waals surface area contributed by atoms with Crippen molar-refractivity contribution in [2.24, 2.45) is 0 Å². The Bertz CT molecular complexity index is 1070. The van der Waals surface area contributed by atoms with Crippen molar-refractivity contribution < 1.29 is 4.79 Å². The van der Waals surface area contributed by atoms with Crippen molar-refractivity contribution in [3.63, 3.8) is 0 Å². The monoisotopic (exact) mass is 449 g/mol. The number of carbonyl (C=O) groups excluding carboxylic acids is 1. The molecule has 1 heterocycles. The second kappa shape index (κ2) is 8.61. The summed E-state index contributed by atoms with van der Waals surface area (Å²) in [5.41, 5.74) is 1.31. The van der Waals surface area contributed by atoms with Gasteiger partial charge in [-0.1, -0.05) is 34.8 Å². The lowest BCUT2D eigenvalue weighted by Crippen LogP contribution is -2.32. The normalized spacial score (nSPS) is 13.3. The Hall–Kier alpha value is -2.28. The molecule has 0 bridgehead atoms. The van der Waals surface area contributed by atoms with Crippen LogP contribution in [0.1, 0.15) is 24.6 Å². The van der Waals surface area contributed by atoms with Crippen molar-refractivity contribution in [3.8, 4) is 0 Å². The zero-order valence-electron chi connectivity index (χ0n) is 15.3. The fourth-order valence-electron chi connectivity index (χ4n) is 2.89. The minimum Gasteiger partial charge on any atom is -0.368 e. The van der Waals surface area contributed by atoms with E-state index in [1.54, 1.807) is 18.2 Å². The largest absolute Gasteiger partial charge is 0.368 e. The Morgan fingerprint density at radius 3 is 2.52 bits per heavy atom. The van der Waals surface area contributed by atoms with E-state index < -0.39 is 0 Å². The predicted molar refractivity (Wildman–Crippen MR) is 118 cm³/mol. The molecule has 0 atom stereocenters. The smallest absolute Gasteiger partial charge is 0.319 e. The molecule has 6 nitrogen and oxygen atoms in total. The van der Waals surface area contributed by atoms with Gasteiger partial charge in [0.1, 0.15) is 11.6 Å². The molecule has 1 aliphatic rings. The maximum absolute atomic E-state index is 12.1. The summed E-state index contributed by atoms with van der Waals surface area (Å²) in [6.45, 7) is 0.898. The van der Waals surface area contributed by atoms with Gasteiger partial charge in [0.05, 0.1) is 16.2 Å². The van der Waals surface area contributed by atoms with Crippen LogP contribution in [0.3, 0.4) is 0 Å². The molecule has 29 heavy (non-hydrogen) atoms. The highest BCUT2D eigenvalue weighted by molar-refractivity contribution is 6.36. The number of carbonyl (C=O) groups is 1. The number of rotatable bonds is 6. The lowest BCUT2D eigenvalue weighted by Gasteiger charge is -2.12. The molecule has 3 aromatic rings. The summed E-state index contributed by atoms with van der Waals surface area (Å²) in [6.07, 6.45) is 2.22. The number of halogens is 3. The number of nitrogens with one attached hydrogen (secondary N) is 3. The van der Waals surface area contributed by atoms with E-state index in [4.69, 9.17) is 34.8 Å². The van der Waals surface area contributed by atoms with Crippen LogP contribution in [0.2, 0.25) is 15.1 Å². The van der Waals surface area contributed by atoms with Crippen LogP contribution in [0.5, 0.6) is 0 Å². The number of amides is 2. The van der Waals surface area contributed by atoms with Gasteiger partial charge >= 0.3 is 6.03 Å². The third kappa shape index (κ3) is 5.01. The number of urea groups is 1. The van der Waals surface area contributed by atoms with E-state index in [0.29, 0.717) is 39.8 Å². The predicted octanol–water partition coefficient (Wildman–Crippen LogP) is 5.70. The highest BCUT2D eigenvalue weighted by Crippen LogP contribution is 2.39.